The standard InChI is InChI=1S/C19H22N2O4/c1-23-16-3-2-4-17(10-16)25-13-19(22)21-18-12-24-11-15(18)9-14-5-7-20-8-6-14/h2-8,10,15,18H,9,11-13H2,1H3,(H,21,22)/t15-,18-/m1/s1. The largest absolute Gasteiger partial charge is 0.497 e. The zero-order chi connectivity index (χ0) is 17.5. The van der Waals surface area contributed by atoms with Gasteiger partial charge in [0.25, 0.3) is 5.91 Å². The van der Waals surface area contributed by atoms with E-state index in [1.165, 1.54) is 5.56 Å². The number of hydrogen-bond donors (Lipinski definition) is 1. The summed E-state index contributed by atoms with van der Waals surface area (Å²) in [7, 11) is 1.59. The molecule has 1 fully saturated rings. The molecule has 1 aliphatic rings. The van der Waals surface area contributed by atoms with Crippen LogP contribution in [0.25, 0.3) is 0 Å². The molecular weight excluding hydrogens is 320 g/mol. The molecule has 0 saturated carbocycles. The average molecular weight is 342 g/mol. The van der Waals surface area contributed by atoms with Crippen LogP contribution in [0.1, 0.15) is 5.56 Å². The van der Waals surface area contributed by atoms with Gasteiger partial charge in [-0.15, -0.1) is 0 Å². The molecule has 0 unspecified atom stereocenters. The molecule has 0 bridgehead atoms. The van der Waals surface area contributed by atoms with Crippen LogP contribution < -0.4 is 14.8 Å². The lowest BCUT2D eigenvalue weighted by molar-refractivity contribution is -0.124. The van der Waals surface area contributed by atoms with Crippen molar-refractivity contribution in [3.8, 4) is 11.5 Å². The number of rotatable bonds is 7. The van der Waals surface area contributed by atoms with Crippen LogP contribution in [0.15, 0.2) is 48.8 Å². The van der Waals surface area contributed by atoms with E-state index in [9.17, 15) is 4.79 Å². The monoisotopic (exact) mass is 342 g/mol. The third kappa shape index (κ3) is 4.93. The Morgan fingerprint density at radius 3 is 2.84 bits per heavy atom. The lowest BCUT2D eigenvalue weighted by atomic mass is 9.95. The normalized spacial score (nSPS) is 19.4. The molecule has 1 amide bonds. The van der Waals surface area contributed by atoms with Gasteiger partial charge in [-0.05, 0) is 36.2 Å². The van der Waals surface area contributed by atoms with Crippen LogP contribution in [0.2, 0.25) is 0 Å². The summed E-state index contributed by atoms with van der Waals surface area (Å²) < 4.78 is 16.2. The molecule has 6 heteroatoms. The minimum Gasteiger partial charge on any atom is -0.497 e. The fourth-order valence-electron chi connectivity index (χ4n) is 2.87. The second kappa shape index (κ2) is 8.48. The Kier molecular flexibility index (Phi) is 5.85. The van der Waals surface area contributed by atoms with E-state index in [0.29, 0.717) is 24.7 Å². The summed E-state index contributed by atoms with van der Waals surface area (Å²) in [4.78, 5) is 16.2. The van der Waals surface area contributed by atoms with Gasteiger partial charge in [0.15, 0.2) is 6.61 Å². The highest BCUT2D eigenvalue weighted by molar-refractivity contribution is 5.78. The number of aromatic nitrogens is 1. The van der Waals surface area contributed by atoms with Crippen LogP contribution in [-0.4, -0.2) is 43.9 Å². The van der Waals surface area contributed by atoms with Crippen LogP contribution >= 0.6 is 0 Å². The zero-order valence-corrected chi connectivity index (χ0v) is 14.2. The second-order valence-electron chi connectivity index (χ2n) is 6.00. The molecule has 2 aromatic rings. The van der Waals surface area contributed by atoms with E-state index in [4.69, 9.17) is 14.2 Å². The summed E-state index contributed by atoms with van der Waals surface area (Å²) in [6.45, 7) is 1.14. The summed E-state index contributed by atoms with van der Waals surface area (Å²) in [5.74, 6) is 1.39. The van der Waals surface area contributed by atoms with Crippen molar-refractivity contribution in [1.29, 1.82) is 0 Å². The van der Waals surface area contributed by atoms with Crippen molar-refractivity contribution in [3.05, 3.63) is 54.4 Å². The Labute approximate surface area is 147 Å². The van der Waals surface area contributed by atoms with Crippen molar-refractivity contribution in [2.45, 2.75) is 12.5 Å². The highest BCUT2D eigenvalue weighted by atomic mass is 16.5. The Bertz CT molecular complexity index is 693. The molecule has 0 spiro atoms. The predicted molar refractivity (Wildman–Crippen MR) is 92.7 cm³/mol. The lowest BCUT2D eigenvalue weighted by Crippen LogP contribution is -2.42. The van der Waals surface area contributed by atoms with Crippen LogP contribution in [0.4, 0.5) is 0 Å². The van der Waals surface area contributed by atoms with Crippen molar-refractivity contribution in [2.24, 2.45) is 5.92 Å². The number of benzene rings is 1. The SMILES string of the molecule is COc1cccc(OCC(=O)N[C@@H]2COC[C@H]2Cc2ccncc2)c1. The van der Waals surface area contributed by atoms with Gasteiger partial charge in [0.05, 0.1) is 26.4 Å². The van der Waals surface area contributed by atoms with Gasteiger partial charge in [-0.25, -0.2) is 0 Å². The molecule has 1 aromatic carbocycles. The molecule has 132 valence electrons. The minimum atomic E-state index is -0.155. The quantitative estimate of drug-likeness (QED) is 0.831. The number of nitrogens with zero attached hydrogens (tertiary/aromatic N) is 1. The molecule has 2 heterocycles. The predicted octanol–water partition coefficient (Wildman–Crippen LogP) is 1.84. The Morgan fingerprint density at radius 2 is 2.04 bits per heavy atom. The summed E-state index contributed by atoms with van der Waals surface area (Å²) >= 11 is 0. The molecule has 0 aliphatic carbocycles. The number of nitrogens with one attached hydrogen (secondary N) is 1. The number of pyridine rings is 1. The van der Waals surface area contributed by atoms with Crippen LogP contribution in [-0.2, 0) is 16.0 Å². The maximum absolute atomic E-state index is 12.2. The molecule has 1 N–H and O–H groups in total. The third-order valence-electron chi connectivity index (χ3n) is 4.20. The van der Waals surface area contributed by atoms with Crippen molar-refractivity contribution >= 4 is 5.91 Å². The van der Waals surface area contributed by atoms with Gasteiger partial charge in [0.1, 0.15) is 11.5 Å². The molecule has 1 aromatic heterocycles. The summed E-state index contributed by atoms with van der Waals surface area (Å²) in [5.41, 5.74) is 1.19. The molecule has 25 heavy (non-hydrogen) atoms. The fourth-order valence-corrected chi connectivity index (χ4v) is 2.87. The van der Waals surface area contributed by atoms with Crippen molar-refractivity contribution in [3.63, 3.8) is 0 Å². The minimum absolute atomic E-state index is 0.00502. The first-order chi connectivity index (χ1) is 12.2. The van der Waals surface area contributed by atoms with E-state index in [0.717, 1.165) is 6.42 Å². The summed E-state index contributed by atoms with van der Waals surface area (Å²) in [5, 5.41) is 3.01. The van der Waals surface area contributed by atoms with E-state index in [1.807, 2.05) is 24.3 Å². The average Bonchev–Trinajstić information content (AvgIpc) is 3.07. The van der Waals surface area contributed by atoms with Crippen molar-refractivity contribution in [2.75, 3.05) is 26.9 Å². The molecule has 1 saturated heterocycles. The fraction of sp³-hybridized carbons (Fsp3) is 0.368. The maximum Gasteiger partial charge on any atom is 0.258 e. The van der Waals surface area contributed by atoms with Gasteiger partial charge in [0, 0.05) is 24.4 Å². The molecule has 3 rings (SSSR count). The zero-order valence-electron chi connectivity index (χ0n) is 14.2. The number of hydrogen-bond acceptors (Lipinski definition) is 5. The Balaban J connectivity index is 1.49. The lowest BCUT2D eigenvalue weighted by Gasteiger charge is -2.19. The van der Waals surface area contributed by atoms with E-state index in [1.54, 1.807) is 31.6 Å². The molecule has 0 radical (unpaired) electrons. The van der Waals surface area contributed by atoms with E-state index >= 15 is 0 Å². The van der Waals surface area contributed by atoms with Crippen LogP contribution in [0, 0.1) is 5.92 Å². The number of carbonyl (C=O) groups is 1. The van der Waals surface area contributed by atoms with Gasteiger partial charge >= 0.3 is 0 Å². The number of ether oxygens (including phenoxy) is 3. The van der Waals surface area contributed by atoms with E-state index < -0.39 is 0 Å². The maximum atomic E-state index is 12.2. The van der Waals surface area contributed by atoms with Gasteiger partial charge in [-0.2, -0.15) is 0 Å². The van der Waals surface area contributed by atoms with E-state index in [2.05, 4.69) is 10.3 Å². The molecule has 1 aliphatic heterocycles. The first-order valence-electron chi connectivity index (χ1n) is 8.27. The van der Waals surface area contributed by atoms with Gasteiger partial charge in [-0.1, -0.05) is 6.07 Å². The summed E-state index contributed by atoms with van der Waals surface area (Å²) in [6, 6.07) is 11.2. The topological polar surface area (TPSA) is 69.7 Å². The number of carbonyl (C=O) groups excluding carboxylic acids is 1. The Hall–Kier alpha value is -2.60. The Morgan fingerprint density at radius 1 is 1.24 bits per heavy atom. The third-order valence-corrected chi connectivity index (χ3v) is 4.20. The van der Waals surface area contributed by atoms with Crippen molar-refractivity contribution in [1.82, 2.24) is 10.3 Å². The summed E-state index contributed by atoms with van der Waals surface area (Å²) in [6.07, 6.45) is 4.41. The van der Waals surface area contributed by atoms with E-state index in [-0.39, 0.29) is 24.5 Å². The molecular formula is C19H22N2O4. The van der Waals surface area contributed by atoms with Crippen LogP contribution in [0.3, 0.4) is 0 Å². The first-order valence-corrected chi connectivity index (χ1v) is 8.27. The second-order valence-corrected chi connectivity index (χ2v) is 6.00. The highest BCUT2D eigenvalue weighted by Crippen LogP contribution is 2.20. The highest BCUT2D eigenvalue weighted by Gasteiger charge is 2.29. The van der Waals surface area contributed by atoms with Crippen molar-refractivity contribution < 1.29 is 19.0 Å². The van der Waals surface area contributed by atoms with Gasteiger partial charge in [-0.3, -0.25) is 9.78 Å². The van der Waals surface area contributed by atoms with Gasteiger partial charge in [0.2, 0.25) is 0 Å². The van der Waals surface area contributed by atoms with Crippen LogP contribution in [0.5, 0.6) is 11.5 Å². The molecule has 2 atom stereocenters. The van der Waals surface area contributed by atoms with Gasteiger partial charge < -0.3 is 19.5 Å². The number of amides is 1. The smallest absolute Gasteiger partial charge is 0.258 e. The first kappa shape index (κ1) is 17.2. The number of methoxy groups -OCH3 is 1. The molecule has 6 nitrogen and oxygen atoms in total.